The van der Waals surface area contributed by atoms with Crippen LogP contribution in [0.15, 0.2) is 42.5 Å². The van der Waals surface area contributed by atoms with Gasteiger partial charge in [0.2, 0.25) is 0 Å². The predicted molar refractivity (Wildman–Crippen MR) is 73.6 cm³/mol. The lowest BCUT2D eigenvalue weighted by Gasteiger charge is -2.14. The molecule has 1 atom stereocenters. The third-order valence-electron chi connectivity index (χ3n) is 2.69. The third kappa shape index (κ3) is 4.27. The van der Waals surface area contributed by atoms with E-state index in [0.717, 1.165) is 12.1 Å². The minimum atomic E-state index is -4.75. The van der Waals surface area contributed by atoms with E-state index in [1.807, 2.05) is 0 Å². The lowest BCUT2D eigenvalue weighted by molar-refractivity contribution is -0.274. The second-order valence-electron chi connectivity index (χ2n) is 4.19. The molecule has 0 aliphatic carbocycles. The van der Waals surface area contributed by atoms with E-state index in [1.54, 1.807) is 6.07 Å². The van der Waals surface area contributed by atoms with Crippen molar-refractivity contribution in [3.05, 3.63) is 63.6 Å². The fourth-order valence-electron chi connectivity index (χ4n) is 1.73. The summed E-state index contributed by atoms with van der Waals surface area (Å²) < 4.78 is 39.9. The summed E-state index contributed by atoms with van der Waals surface area (Å²) in [6.07, 6.45) is -5.77. The van der Waals surface area contributed by atoms with Crippen molar-refractivity contribution < 1.29 is 23.0 Å². The summed E-state index contributed by atoms with van der Waals surface area (Å²) in [7, 11) is 0. The average Bonchev–Trinajstić information content (AvgIpc) is 2.40. The van der Waals surface area contributed by atoms with Gasteiger partial charge < -0.3 is 9.84 Å². The number of aliphatic hydroxyl groups is 1. The van der Waals surface area contributed by atoms with Gasteiger partial charge >= 0.3 is 6.36 Å². The highest BCUT2D eigenvalue weighted by molar-refractivity contribution is 6.42. The molecule has 2 aromatic carbocycles. The van der Waals surface area contributed by atoms with E-state index in [0.29, 0.717) is 16.1 Å². The van der Waals surface area contributed by atoms with Crippen LogP contribution in [0.1, 0.15) is 17.2 Å². The van der Waals surface area contributed by atoms with Crippen molar-refractivity contribution in [2.24, 2.45) is 0 Å². The zero-order valence-electron chi connectivity index (χ0n) is 10.4. The van der Waals surface area contributed by atoms with Crippen LogP contribution in [0.2, 0.25) is 10.0 Å². The van der Waals surface area contributed by atoms with Crippen LogP contribution in [-0.4, -0.2) is 11.5 Å². The van der Waals surface area contributed by atoms with Crippen LogP contribution < -0.4 is 4.74 Å². The van der Waals surface area contributed by atoms with Crippen LogP contribution in [0.4, 0.5) is 13.2 Å². The Kier molecular flexibility index (Phi) is 4.66. The number of alkyl halides is 3. The minimum Gasteiger partial charge on any atom is -0.406 e. The molecule has 112 valence electrons. The fraction of sp³-hybridized carbons (Fsp3) is 0.143. The molecular formula is C14H9Cl2F3O2. The Morgan fingerprint density at radius 2 is 1.48 bits per heavy atom. The summed E-state index contributed by atoms with van der Waals surface area (Å²) in [5.41, 5.74) is 0.886. The van der Waals surface area contributed by atoms with Gasteiger partial charge in [0, 0.05) is 0 Å². The van der Waals surface area contributed by atoms with E-state index in [-0.39, 0.29) is 10.8 Å². The Balaban J connectivity index is 2.19. The van der Waals surface area contributed by atoms with Crippen molar-refractivity contribution in [3.8, 4) is 5.75 Å². The summed E-state index contributed by atoms with van der Waals surface area (Å²) >= 11 is 11.6. The monoisotopic (exact) mass is 336 g/mol. The topological polar surface area (TPSA) is 29.5 Å². The third-order valence-corrected chi connectivity index (χ3v) is 3.43. The van der Waals surface area contributed by atoms with Gasteiger partial charge in [-0.25, -0.2) is 0 Å². The minimum absolute atomic E-state index is 0.283. The number of hydrogen-bond acceptors (Lipinski definition) is 2. The Labute approximate surface area is 128 Å². The molecule has 0 saturated carbocycles. The van der Waals surface area contributed by atoms with Crippen molar-refractivity contribution in [2.75, 3.05) is 0 Å². The van der Waals surface area contributed by atoms with Gasteiger partial charge in [-0.2, -0.15) is 0 Å². The number of halogens is 5. The molecule has 1 unspecified atom stereocenters. The van der Waals surface area contributed by atoms with E-state index >= 15 is 0 Å². The zero-order valence-corrected chi connectivity index (χ0v) is 11.9. The summed E-state index contributed by atoms with van der Waals surface area (Å²) in [4.78, 5) is 0. The maximum atomic E-state index is 12.0. The van der Waals surface area contributed by atoms with E-state index in [9.17, 15) is 18.3 Å². The molecule has 0 radical (unpaired) electrons. The molecule has 0 fully saturated rings. The van der Waals surface area contributed by atoms with Crippen LogP contribution in [0, 0.1) is 0 Å². The van der Waals surface area contributed by atoms with Crippen LogP contribution in [-0.2, 0) is 0 Å². The van der Waals surface area contributed by atoms with Gasteiger partial charge in [-0.1, -0.05) is 41.4 Å². The van der Waals surface area contributed by atoms with Gasteiger partial charge in [-0.05, 0) is 35.4 Å². The summed E-state index contributed by atoms with van der Waals surface area (Å²) in [6.45, 7) is 0. The quantitative estimate of drug-likeness (QED) is 0.857. The highest BCUT2D eigenvalue weighted by Gasteiger charge is 2.31. The van der Waals surface area contributed by atoms with Crippen molar-refractivity contribution in [1.82, 2.24) is 0 Å². The van der Waals surface area contributed by atoms with Gasteiger partial charge in [-0.3, -0.25) is 0 Å². The van der Waals surface area contributed by atoms with Gasteiger partial charge in [0.1, 0.15) is 11.9 Å². The number of aliphatic hydroxyl groups excluding tert-OH is 1. The Morgan fingerprint density at radius 1 is 0.905 bits per heavy atom. The van der Waals surface area contributed by atoms with Crippen LogP contribution in [0.5, 0.6) is 5.75 Å². The standard InChI is InChI=1S/C14H9Cl2F3O2/c15-11-6-3-9(7-12(11)16)13(20)8-1-4-10(5-2-8)21-14(17,18)19/h1-7,13,20H. The van der Waals surface area contributed by atoms with E-state index in [2.05, 4.69) is 4.74 Å². The molecule has 0 aromatic heterocycles. The molecular weight excluding hydrogens is 328 g/mol. The Hall–Kier alpha value is -1.43. The first kappa shape index (κ1) is 15.9. The first-order chi connectivity index (χ1) is 9.76. The van der Waals surface area contributed by atoms with Crippen molar-refractivity contribution in [2.45, 2.75) is 12.5 Å². The molecule has 0 aliphatic heterocycles. The van der Waals surface area contributed by atoms with E-state index in [4.69, 9.17) is 23.2 Å². The second-order valence-corrected chi connectivity index (χ2v) is 5.01. The van der Waals surface area contributed by atoms with Gasteiger partial charge in [0.25, 0.3) is 0 Å². The second kappa shape index (κ2) is 6.13. The first-order valence-electron chi connectivity index (χ1n) is 5.75. The summed E-state index contributed by atoms with van der Waals surface area (Å²) in [6, 6.07) is 9.55. The summed E-state index contributed by atoms with van der Waals surface area (Å²) in [5, 5.41) is 10.8. The Morgan fingerprint density at radius 3 is 2.00 bits per heavy atom. The van der Waals surface area contributed by atoms with Crippen LogP contribution >= 0.6 is 23.2 Å². The molecule has 7 heteroatoms. The normalized spacial score (nSPS) is 13.0. The predicted octanol–water partition coefficient (Wildman–Crippen LogP) is 4.97. The molecule has 0 bridgehead atoms. The Bertz CT molecular complexity index is 627. The van der Waals surface area contributed by atoms with Gasteiger partial charge in [-0.15, -0.1) is 13.2 Å². The lowest BCUT2D eigenvalue weighted by Crippen LogP contribution is -2.17. The number of rotatable bonds is 3. The van der Waals surface area contributed by atoms with Crippen molar-refractivity contribution >= 4 is 23.2 Å². The molecule has 21 heavy (non-hydrogen) atoms. The maximum Gasteiger partial charge on any atom is 0.573 e. The molecule has 2 aromatic rings. The highest BCUT2D eigenvalue weighted by atomic mass is 35.5. The van der Waals surface area contributed by atoms with Gasteiger partial charge in [0.15, 0.2) is 0 Å². The van der Waals surface area contributed by atoms with E-state index < -0.39 is 12.5 Å². The fourth-order valence-corrected chi connectivity index (χ4v) is 2.03. The van der Waals surface area contributed by atoms with Crippen molar-refractivity contribution in [1.29, 1.82) is 0 Å². The van der Waals surface area contributed by atoms with E-state index in [1.165, 1.54) is 24.3 Å². The average molecular weight is 337 g/mol. The molecule has 2 rings (SSSR count). The zero-order chi connectivity index (χ0) is 15.6. The molecule has 0 heterocycles. The number of ether oxygens (including phenoxy) is 1. The van der Waals surface area contributed by atoms with Crippen LogP contribution in [0.3, 0.4) is 0 Å². The number of hydrogen-bond donors (Lipinski definition) is 1. The summed E-state index contributed by atoms with van der Waals surface area (Å²) in [5.74, 6) is -0.354. The lowest BCUT2D eigenvalue weighted by atomic mass is 10.0. The molecule has 0 saturated heterocycles. The smallest absolute Gasteiger partial charge is 0.406 e. The SMILES string of the molecule is OC(c1ccc(OC(F)(F)F)cc1)c1ccc(Cl)c(Cl)c1. The molecule has 2 nitrogen and oxygen atoms in total. The van der Waals surface area contributed by atoms with Crippen LogP contribution in [0.25, 0.3) is 0 Å². The molecule has 0 amide bonds. The molecule has 0 aliphatic rings. The molecule has 0 spiro atoms. The maximum absolute atomic E-state index is 12.0. The highest BCUT2D eigenvalue weighted by Crippen LogP contribution is 2.30. The number of benzene rings is 2. The van der Waals surface area contributed by atoms with Gasteiger partial charge in [0.05, 0.1) is 10.0 Å². The van der Waals surface area contributed by atoms with Crippen molar-refractivity contribution in [3.63, 3.8) is 0 Å². The first-order valence-corrected chi connectivity index (χ1v) is 6.50. The largest absolute Gasteiger partial charge is 0.573 e. The molecule has 1 N–H and O–H groups in total.